The van der Waals surface area contributed by atoms with Gasteiger partial charge < -0.3 is 10.2 Å². The summed E-state index contributed by atoms with van der Waals surface area (Å²) in [6.45, 7) is 0. The Balaban J connectivity index is 4.18. The minimum Gasteiger partial charge on any atom is -0.481 e. The summed E-state index contributed by atoms with van der Waals surface area (Å²) < 4.78 is 0. The van der Waals surface area contributed by atoms with Gasteiger partial charge in [0.25, 0.3) is 0 Å². The Bertz CT molecular complexity index is 396. The molecule has 2 N–H and O–H groups in total. The van der Waals surface area contributed by atoms with Gasteiger partial charge in [0.1, 0.15) is 0 Å². The predicted molar refractivity (Wildman–Crippen MR) is 66.6 cm³/mol. The third-order valence-electron chi connectivity index (χ3n) is 2.38. The van der Waals surface area contributed by atoms with Gasteiger partial charge in [0.2, 0.25) is 0 Å². The van der Waals surface area contributed by atoms with Crippen molar-refractivity contribution in [1.29, 1.82) is 10.5 Å². The lowest BCUT2D eigenvalue weighted by Crippen LogP contribution is -2.06. The van der Waals surface area contributed by atoms with E-state index in [1.165, 1.54) is 0 Å². The van der Waals surface area contributed by atoms with Gasteiger partial charge in [-0.15, -0.1) is 0 Å². The molecule has 0 aromatic heterocycles. The van der Waals surface area contributed by atoms with Crippen molar-refractivity contribution in [1.82, 2.24) is 0 Å². The fraction of sp³-hybridized carbons (Fsp3) is 0.667. The zero-order valence-electron chi connectivity index (χ0n) is 10.9. The molecule has 0 aliphatic heterocycles. The molecule has 0 aromatic carbocycles. The minimum absolute atomic E-state index is 0.0476. The van der Waals surface area contributed by atoms with Crippen LogP contribution in [0.2, 0.25) is 0 Å². The molecule has 8 heteroatoms. The monoisotopic (exact) mass is 280 g/mol. The van der Waals surface area contributed by atoms with Gasteiger partial charge in [0.15, 0.2) is 12.1 Å². The topological polar surface area (TPSA) is 147 Å². The van der Waals surface area contributed by atoms with Gasteiger partial charge in [-0.05, 0) is 25.7 Å². The van der Waals surface area contributed by atoms with Gasteiger partial charge in [-0.3, -0.25) is 9.59 Å². The Morgan fingerprint density at radius 1 is 0.900 bits per heavy atom. The van der Waals surface area contributed by atoms with Gasteiger partial charge in [0, 0.05) is 12.8 Å². The number of nitrogens with zero attached hydrogens (tertiary/aromatic N) is 4. The highest BCUT2D eigenvalue weighted by Gasteiger charge is 2.10. The van der Waals surface area contributed by atoms with E-state index in [0.717, 1.165) is 0 Å². The zero-order valence-corrected chi connectivity index (χ0v) is 10.9. The highest BCUT2D eigenvalue weighted by atomic mass is 16.4. The largest absolute Gasteiger partial charge is 0.481 e. The van der Waals surface area contributed by atoms with Crippen molar-refractivity contribution in [3.8, 4) is 12.1 Å². The second-order valence-electron chi connectivity index (χ2n) is 4.09. The van der Waals surface area contributed by atoms with Crippen LogP contribution in [0.4, 0.5) is 0 Å². The number of rotatable bonds is 10. The number of nitriles is 2. The summed E-state index contributed by atoms with van der Waals surface area (Å²) in [7, 11) is 0. The van der Waals surface area contributed by atoms with Crippen molar-refractivity contribution in [2.45, 2.75) is 50.6 Å². The van der Waals surface area contributed by atoms with Crippen LogP contribution in [0, 0.1) is 22.7 Å². The van der Waals surface area contributed by atoms with Crippen molar-refractivity contribution in [3.63, 3.8) is 0 Å². The van der Waals surface area contributed by atoms with Crippen LogP contribution in [-0.4, -0.2) is 34.2 Å². The number of carbonyl (C=O) groups is 2. The molecule has 0 aliphatic rings. The molecule has 0 radical (unpaired) electrons. The molecule has 8 nitrogen and oxygen atoms in total. The molecule has 0 bridgehead atoms. The first-order valence-electron chi connectivity index (χ1n) is 6.12. The Kier molecular flexibility index (Phi) is 9.15. The maximum absolute atomic E-state index is 10.3. The number of hydrogen-bond acceptors (Lipinski definition) is 6. The molecule has 0 amide bonds. The van der Waals surface area contributed by atoms with Crippen molar-refractivity contribution in [2.24, 2.45) is 10.2 Å². The highest BCUT2D eigenvalue weighted by molar-refractivity contribution is 5.66. The number of aliphatic carboxylic acids is 2. The molecule has 108 valence electrons. The van der Waals surface area contributed by atoms with E-state index in [1.54, 1.807) is 0 Å². The highest BCUT2D eigenvalue weighted by Crippen LogP contribution is 2.09. The van der Waals surface area contributed by atoms with Gasteiger partial charge in [-0.25, -0.2) is 0 Å². The summed E-state index contributed by atoms with van der Waals surface area (Å²) in [5.74, 6) is -1.88. The molecule has 0 fully saturated rings. The first-order chi connectivity index (χ1) is 9.49. The molecule has 0 unspecified atom stereocenters. The summed E-state index contributed by atoms with van der Waals surface area (Å²) in [6, 6.07) is 2.20. The Morgan fingerprint density at radius 3 is 1.50 bits per heavy atom. The van der Waals surface area contributed by atoms with Gasteiger partial charge in [-0.1, -0.05) is 0 Å². The zero-order chi connectivity index (χ0) is 15.4. The quantitative estimate of drug-likeness (QED) is 0.582. The van der Waals surface area contributed by atoms with E-state index in [1.807, 2.05) is 12.1 Å². The first-order valence-corrected chi connectivity index (χ1v) is 6.12. The Labute approximate surface area is 116 Å². The first kappa shape index (κ1) is 17.5. The molecular formula is C12H16N4O4. The molecule has 0 rings (SSSR count). The normalized spacial score (nSPS) is 13.3. The average Bonchev–Trinajstić information content (AvgIpc) is 2.39. The van der Waals surface area contributed by atoms with E-state index in [9.17, 15) is 9.59 Å². The molecule has 0 heterocycles. The summed E-state index contributed by atoms with van der Waals surface area (Å²) in [5.41, 5.74) is 0. The van der Waals surface area contributed by atoms with Gasteiger partial charge >= 0.3 is 11.9 Å². The predicted octanol–water partition coefficient (Wildman–Crippen LogP) is 1.73. The van der Waals surface area contributed by atoms with Crippen LogP contribution in [0.5, 0.6) is 0 Å². The van der Waals surface area contributed by atoms with E-state index < -0.39 is 24.0 Å². The maximum Gasteiger partial charge on any atom is 0.303 e. The van der Waals surface area contributed by atoms with E-state index in [4.69, 9.17) is 20.7 Å². The number of hydrogen-bond donors (Lipinski definition) is 2. The fourth-order valence-corrected chi connectivity index (χ4v) is 1.35. The molecule has 0 aromatic rings. The third-order valence-corrected chi connectivity index (χ3v) is 2.38. The summed E-state index contributed by atoms with van der Waals surface area (Å²) in [4.78, 5) is 20.7. The molecule has 2 atom stereocenters. The van der Waals surface area contributed by atoms with Gasteiger partial charge in [0.05, 0.1) is 12.1 Å². The van der Waals surface area contributed by atoms with E-state index in [0.29, 0.717) is 12.8 Å². The van der Waals surface area contributed by atoms with Gasteiger partial charge in [-0.2, -0.15) is 20.8 Å². The van der Waals surface area contributed by atoms with Crippen molar-refractivity contribution < 1.29 is 19.8 Å². The molecule has 20 heavy (non-hydrogen) atoms. The van der Waals surface area contributed by atoms with E-state index in [2.05, 4.69) is 10.2 Å². The second kappa shape index (κ2) is 10.4. The van der Waals surface area contributed by atoms with Crippen LogP contribution < -0.4 is 0 Å². The summed E-state index contributed by atoms with van der Waals surface area (Å²) in [6.07, 6.45) is 1.05. The fourth-order valence-electron chi connectivity index (χ4n) is 1.35. The minimum atomic E-state index is -0.942. The SMILES string of the molecule is N#C[C@@H](CCCC(=O)O)N=N[C@@H](C#N)CCCC(=O)O. The van der Waals surface area contributed by atoms with Crippen LogP contribution in [0.3, 0.4) is 0 Å². The smallest absolute Gasteiger partial charge is 0.303 e. The molecular weight excluding hydrogens is 264 g/mol. The molecule has 0 saturated carbocycles. The number of azo groups is 1. The average molecular weight is 280 g/mol. The van der Waals surface area contributed by atoms with Crippen molar-refractivity contribution >= 4 is 11.9 Å². The maximum atomic E-state index is 10.3. The molecule has 0 aliphatic carbocycles. The molecule has 0 spiro atoms. The summed E-state index contributed by atoms with van der Waals surface area (Å²) in [5, 5.41) is 42.0. The van der Waals surface area contributed by atoms with Crippen LogP contribution >= 0.6 is 0 Å². The third kappa shape index (κ3) is 9.54. The standard InChI is InChI=1S/C12H16N4O4/c13-7-9(3-1-5-11(17)18)15-16-10(8-14)4-2-6-12(19)20/h9-10H,1-6H2,(H,17,18)(H,19,20)/t9-,10-/m1/s1. The van der Waals surface area contributed by atoms with Crippen LogP contribution in [-0.2, 0) is 9.59 Å². The lowest BCUT2D eigenvalue weighted by Gasteiger charge is -2.03. The van der Waals surface area contributed by atoms with Crippen molar-refractivity contribution in [2.75, 3.05) is 0 Å². The lowest BCUT2D eigenvalue weighted by atomic mass is 10.1. The van der Waals surface area contributed by atoms with Crippen LogP contribution in [0.1, 0.15) is 38.5 Å². The second-order valence-corrected chi connectivity index (χ2v) is 4.09. The summed E-state index contributed by atoms with van der Waals surface area (Å²) >= 11 is 0. The Morgan fingerprint density at radius 2 is 1.25 bits per heavy atom. The molecule has 0 saturated heterocycles. The number of carboxylic acids is 2. The van der Waals surface area contributed by atoms with E-state index >= 15 is 0 Å². The lowest BCUT2D eigenvalue weighted by molar-refractivity contribution is -0.138. The number of carboxylic acid groups (broad SMARTS) is 2. The van der Waals surface area contributed by atoms with Crippen LogP contribution in [0.15, 0.2) is 10.2 Å². The van der Waals surface area contributed by atoms with Crippen LogP contribution in [0.25, 0.3) is 0 Å². The van der Waals surface area contributed by atoms with E-state index in [-0.39, 0.29) is 25.7 Å². The Hall–Kier alpha value is -2.48. The van der Waals surface area contributed by atoms with Crippen molar-refractivity contribution in [3.05, 3.63) is 0 Å².